The molecule has 2 rings (SSSR count). The molecule has 2 aromatic rings. The molecule has 0 unspecified atom stereocenters. The predicted molar refractivity (Wildman–Crippen MR) is 64.1 cm³/mol. The summed E-state index contributed by atoms with van der Waals surface area (Å²) >= 11 is 0. The van der Waals surface area contributed by atoms with E-state index in [9.17, 15) is 0 Å². The SMILES string of the molecule is Cc1ccc(Cc2ccc(C#N)n2C)cc1. The Hall–Kier alpha value is -2.01. The Labute approximate surface area is 95.8 Å². The molecule has 0 N–H and O–H groups in total. The van der Waals surface area contributed by atoms with Crippen molar-refractivity contribution in [2.45, 2.75) is 13.3 Å². The van der Waals surface area contributed by atoms with Crippen LogP contribution in [0.2, 0.25) is 0 Å². The molecule has 0 radical (unpaired) electrons. The van der Waals surface area contributed by atoms with Crippen LogP contribution in [0.1, 0.15) is 22.5 Å². The highest BCUT2D eigenvalue weighted by atomic mass is 14.9. The quantitative estimate of drug-likeness (QED) is 0.749. The minimum absolute atomic E-state index is 0.710. The molecule has 0 aliphatic rings. The summed E-state index contributed by atoms with van der Waals surface area (Å²) in [5.41, 5.74) is 4.42. The molecule has 0 aliphatic carbocycles. The Morgan fingerprint density at radius 2 is 1.81 bits per heavy atom. The van der Waals surface area contributed by atoms with E-state index in [4.69, 9.17) is 5.26 Å². The second-order valence-electron chi connectivity index (χ2n) is 4.04. The van der Waals surface area contributed by atoms with Gasteiger partial charge in [0.25, 0.3) is 0 Å². The van der Waals surface area contributed by atoms with E-state index in [0.29, 0.717) is 5.69 Å². The molecule has 0 saturated carbocycles. The average molecular weight is 210 g/mol. The number of aromatic nitrogens is 1. The first-order valence-electron chi connectivity index (χ1n) is 5.31. The molecule has 0 atom stereocenters. The molecular formula is C14H14N2. The normalized spacial score (nSPS) is 10.1. The Morgan fingerprint density at radius 3 is 2.38 bits per heavy atom. The number of nitrogens with zero attached hydrogens (tertiary/aromatic N) is 2. The summed E-state index contributed by atoms with van der Waals surface area (Å²) in [6.07, 6.45) is 0.873. The van der Waals surface area contributed by atoms with Gasteiger partial charge in [0.05, 0.1) is 0 Å². The summed E-state index contributed by atoms with van der Waals surface area (Å²) in [6, 6.07) is 14.5. The molecule has 2 nitrogen and oxygen atoms in total. The Morgan fingerprint density at radius 1 is 1.12 bits per heavy atom. The van der Waals surface area contributed by atoms with Crippen molar-refractivity contribution in [3.05, 3.63) is 58.9 Å². The number of nitriles is 1. The van der Waals surface area contributed by atoms with Gasteiger partial charge in [-0.05, 0) is 24.6 Å². The van der Waals surface area contributed by atoms with Crippen LogP contribution in [-0.4, -0.2) is 4.57 Å². The van der Waals surface area contributed by atoms with Crippen molar-refractivity contribution in [3.63, 3.8) is 0 Å². The average Bonchev–Trinajstić information content (AvgIpc) is 2.63. The van der Waals surface area contributed by atoms with E-state index >= 15 is 0 Å². The molecule has 80 valence electrons. The van der Waals surface area contributed by atoms with Crippen molar-refractivity contribution < 1.29 is 0 Å². The molecular weight excluding hydrogens is 196 g/mol. The van der Waals surface area contributed by atoms with Gasteiger partial charge < -0.3 is 4.57 Å². The molecule has 2 heteroatoms. The lowest BCUT2D eigenvalue weighted by molar-refractivity contribution is 0.837. The first-order valence-corrected chi connectivity index (χ1v) is 5.31. The van der Waals surface area contributed by atoms with E-state index in [2.05, 4.69) is 37.3 Å². The highest BCUT2D eigenvalue weighted by Crippen LogP contribution is 2.13. The zero-order valence-electron chi connectivity index (χ0n) is 9.57. The molecule has 0 aliphatic heterocycles. The third-order valence-corrected chi connectivity index (χ3v) is 2.85. The molecule has 1 aromatic carbocycles. The molecule has 0 amide bonds. The van der Waals surface area contributed by atoms with E-state index in [-0.39, 0.29) is 0 Å². The summed E-state index contributed by atoms with van der Waals surface area (Å²) in [6.45, 7) is 2.08. The van der Waals surface area contributed by atoms with Crippen LogP contribution in [0, 0.1) is 18.3 Å². The van der Waals surface area contributed by atoms with Crippen molar-refractivity contribution in [3.8, 4) is 6.07 Å². The first-order chi connectivity index (χ1) is 7.70. The largest absolute Gasteiger partial charge is 0.339 e. The van der Waals surface area contributed by atoms with Gasteiger partial charge in [-0.2, -0.15) is 5.26 Å². The van der Waals surface area contributed by atoms with E-state index in [1.54, 1.807) is 0 Å². The minimum Gasteiger partial charge on any atom is -0.339 e. The zero-order chi connectivity index (χ0) is 11.5. The van der Waals surface area contributed by atoms with Crippen LogP contribution in [0.3, 0.4) is 0 Å². The lowest BCUT2D eigenvalue weighted by atomic mass is 10.1. The van der Waals surface area contributed by atoms with Crippen molar-refractivity contribution >= 4 is 0 Å². The molecule has 0 bridgehead atoms. The third kappa shape index (κ3) is 1.99. The molecule has 0 saturated heterocycles. The number of benzene rings is 1. The first kappa shape index (κ1) is 10.5. The Kier molecular flexibility index (Phi) is 2.78. The minimum atomic E-state index is 0.710. The predicted octanol–water partition coefficient (Wildman–Crippen LogP) is 2.80. The van der Waals surface area contributed by atoms with Crippen LogP contribution in [0.25, 0.3) is 0 Å². The maximum Gasteiger partial charge on any atom is 0.120 e. The van der Waals surface area contributed by atoms with Gasteiger partial charge in [-0.3, -0.25) is 0 Å². The monoisotopic (exact) mass is 210 g/mol. The van der Waals surface area contributed by atoms with Crippen molar-refractivity contribution in [1.82, 2.24) is 4.57 Å². The maximum absolute atomic E-state index is 8.86. The molecule has 0 spiro atoms. The number of rotatable bonds is 2. The number of aryl methyl sites for hydroxylation is 1. The van der Waals surface area contributed by atoms with Gasteiger partial charge in [0.2, 0.25) is 0 Å². The lowest BCUT2D eigenvalue weighted by Crippen LogP contribution is -1.99. The van der Waals surface area contributed by atoms with Gasteiger partial charge in [0, 0.05) is 19.2 Å². The summed E-state index contributed by atoms with van der Waals surface area (Å²) in [5.74, 6) is 0. The van der Waals surface area contributed by atoms with Crippen molar-refractivity contribution in [2.75, 3.05) is 0 Å². The molecule has 16 heavy (non-hydrogen) atoms. The zero-order valence-corrected chi connectivity index (χ0v) is 9.57. The summed E-state index contributed by atoms with van der Waals surface area (Å²) in [4.78, 5) is 0. The van der Waals surface area contributed by atoms with Crippen LogP contribution >= 0.6 is 0 Å². The van der Waals surface area contributed by atoms with Gasteiger partial charge in [-0.1, -0.05) is 29.8 Å². The van der Waals surface area contributed by atoms with Gasteiger partial charge in [0.15, 0.2) is 0 Å². The standard InChI is InChI=1S/C14H14N2/c1-11-3-5-12(6-4-11)9-13-7-8-14(10-15)16(13)2/h3-8H,9H2,1-2H3. The van der Waals surface area contributed by atoms with E-state index in [1.807, 2.05) is 23.7 Å². The van der Waals surface area contributed by atoms with Crippen molar-refractivity contribution in [2.24, 2.45) is 7.05 Å². The van der Waals surface area contributed by atoms with Crippen molar-refractivity contribution in [1.29, 1.82) is 5.26 Å². The van der Waals surface area contributed by atoms with E-state index in [0.717, 1.165) is 6.42 Å². The van der Waals surface area contributed by atoms with Gasteiger partial charge in [-0.15, -0.1) is 0 Å². The Bertz CT molecular complexity index is 527. The molecule has 0 fully saturated rings. The second kappa shape index (κ2) is 4.24. The van der Waals surface area contributed by atoms with Crippen LogP contribution in [-0.2, 0) is 13.5 Å². The number of hydrogen-bond acceptors (Lipinski definition) is 1. The highest BCUT2D eigenvalue weighted by Gasteiger charge is 2.04. The fourth-order valence-electron chi connectivity index (χ4n) is 1.76. The van der Waals surface area contributed by atoms with Gasteiger partial charge in [0.1, 0.15) is 11.8 Å². The van der Waals surface area contributed by atoms with Crippen LogP contribution in [0.5, 0.6) is 0 Å². The van der Waals surface area contributed by atoms with E-state index in [1.165, 1.54) is 16.8 Å². The summed E-state index contributed by atoms with van der Waals surface area (Å²) in [5, 5.41) is 8.86. The van der Waals surface area contributed by atoms with Crippen LogP contribution in [0.15, 0.2) is 36.4 Å². The second-order valence-corrected chi connectivity index (χ2v) is 4.04. The summed E-state index contributed by atoms with van der Waals surface area (Å²) < 4.78 is 1.94. The third-order valence-electron chi connectivity index (χ3n) is 2.85. The molecule has 1 heterocycles. The van der Waals surface area contributed by atoms with Gasteiger partial charge >= 0.3 is 0 Å². The smallest absolute Gasteiger partial charge is 0.120 e. The molecule has 1 aromatic heterocycles. The highest BCUT2D eigenvalue weighted by molar-refractivity contribution is 5.31. The lowest BCUT2D eigenvalue weighted by Gasteiger charge is -2.04. The fourth-order valence-corrected chi connectivity index (χ4v) is 1.76. The van der Waals surface area contributed by atoms with Crippen LogP contribution < -0.4 is 0 Å². The van der Waals surface area contributed by atoms with E-state index < -0.39 is 0 Å². The fraction of sp³-hybridized carbons (Fsp3) is 0.214. The Balaban J connectivity index is 2.24. The van der Waals surface area contributed by atoms with Gasteiger partial charge in [-0.25, -0.2) is 0 Å². The topological polar surface area (TPSA) is 28.7 Å². The maximum atomic E-state index is 8.86. The van der Waals surface area contributed by atoms with Crippen LogP contribution in [0.4, 0.5) is 0 Å². The summed E-state index contributed by atoms with van der Waals surface area (Å²) in [7, 11) is 1.93. The number of hydrogen-bond donors (Lipinski definition) is 0.